The highest BCUT2D eigenvalue weighted by atomic mass is 28.4. The average molecular weight is 303 g/mol. The molecule has 92 valence electrons. The van der Waals surface area contributed by atoms with Crippen molar-refractivity contribution in [2.75, 3.05) is 0 Å². The lowest BCUT2D eigenvalue weighted by Gasteiger charge is -2.21. The van der Waals surface area contributed by atoms with Gasteiger partial charge in [-0.25, -0.2) is 0 Å². The van der Waals surface area contributed by atoms with Gasteiger partial charge in [-0.05, 0) is 26.2 Å². The van der Waals surface area contributed by atoms with E-state index in [1.165, 1.54) is 0 Å². The summed E-state index contributed by atoms with van der Waals surface area (Å²) in [4.78, 5) is 9.14. The van der Waals surface area contributed by atoms with Crippen LogP contribution in [0.5, 0.6) is 0 Å². The summed E-state index contributed by atoms with van der Waals surface area (Å²) in [5.74, 6) is 0. The fourth-order valence-corrected chi connectivity index (χ4v) is 12.3. The molecular formula is C5H22O5Si5. The van der Waals surface area contributed by atoms with Crippen molar-refractivity contribution in [3.63, 3.8) is 0 Å². The summed E-state index contributed by atoms with van der Waals surface area (Å²) in [6.07, 6.45) is 0. The molecule has 0 rings (SSSR count). The van der Waals surface area contributed by atoms with Crippen LogP contribution in [0.25, 0.3) is 0 Å². The Kier molecular flexibility index (Phi) is 9.50. The summed E-state index contributed by atoms with van der Waals surface area (Å²) in [7, 11) is -7.03. The van der Waals surface area contributed by atoms with Gasteiger partial charge >= 0.3 is 9.28 Å². The summed E-state index contributed by atoms with van der Waals surface area (Å²) in [6.45, 7) is 9.76. The van der Waals surface area contributed by atoms with Crippen molar-refractivity contribution < 1.29 is 21.3 Å². The average Bonchev–Trinajstić information content (AvgIpc) is 2.00. The van der Waals surface area contributed by atoms with Crippen LogP contribution < -0.4 is 0 Å². The summed E-state index contributed by atoms with van der Waals surface area (Å²) in [5.41, 5.74) is 0. The van der Waals surface area contributed by atoms with Crippen molar-refractivity contribution in [2.24, 2.45) is 0 Å². The molecule has 0 aliphatic rings. The third kappa shape index (κ3) is 9.79. The first kappa shape index (κ1) is 15.9. The van der Waals surface area contributed by atoms with E-state index in [1.807, 2.05) is 19.6 Å². The van der Waals surface area contributed by atoms with Gasteiger partial charge in [0.25, 0.3) is 27.9 Å². The second-order valence-electron chi connectivity index (χ2n) is 3.17. The lowest BCUT2D eigenvalue weighted by Crippen LogP contribution is -2.37. The van der Waals surface area contributed by atoms with Crippen molar-refractivity contribution in [3.05, 3.63) is 0 Å². The van der Waals surface area contributed by atoms with Crippen LogP contribution in [0, 0.1) is 0 Å². The quantitative estimate of drug-likeness (QED) is 0.558. The molecule has 10 heteroatoms. The Morgan fingerprint density at radius 2 is 1.33 bits per heavy atom. The molecule has 0 aromatic heterocycles. The van der Waals surface area contributed by atoms with Crippen molar-refractivity contribution in [1.82, 2.24) is 0 Å². The van der Waals surface area contributed by atoms with Crippen molar-refractivity contribution in [1.29, 1.82) is 0 Å². The Hall–Kier alpha value is 0.884. The first-order valence-corrected chi connectivity index (χ1v) is 15.6. The van der Waals surface area contributed by atoms with Crippen LogP contribution in [-0.4, -0.2) is 51.7 Å². The Balaban J connectivity index is 3.67. The van der Waals surface area contributed by atoms with E-state index in [0.717, 1.165) is 0 Å². The van der Waals surface area contributed by atoms with Gasteiger partial charge in [0, 0.05) is 0 Å². The van der Waals surface area contributed by atoms with E-state index in [1.54, 1.807) is 6.55 Å². The van der Waals surface area contributed by atoms with Gasteiger partial charge in [-0.3, -0.25) is 0 Å². The minimum absolute atomic E-state index is 0.371. The van der Waals surface area contributed by atoms with Crippen LogP contribution in [0.3, 0.4) is 0 Å². The molecule has 0 saturated carbocycles. The minimum Gasteiger partial charge on any atom is -0.444 e. The van der Waals surface area contributed by atoms with Gasteiger partial charge in [-0.15, -0.1) is 0 Å². The fraction of sp³-hybridized carbons (Fsp3) is 1.00. The van der Waals surface area contributed by atoms with E-state index in [2.05, 4.69) is 6.55 Å². The third-order valence-corrected chi connectivity index (χ3v) is 14.0. The highest BCUT2D eigenvalue weighted by Crippen LogP contribution is 1.99. The summed E-state index contributed by atoms with van der Waals surface area (Å²) < 4.78 is 22.2. The van der Waals surface area contributed by atoms with Crippen LogP contribution >= 0.6 is 0 Å². The predicted octanol–water partition coefficient (Wildman–Crippen LogP) is -1.42. The third-order valence-electron chi connectivity index (χ3n) is 1.56. The van der Waals surface area contributed by atoms with E-state index in [4.69, 9.17) is 21.3 Å². The molecule has 0 aliphatic carbocycles. The molecule has 0 aromatic rings. The number of hydrogen-bond donors (Lipinski definition) is 1. The Morgan fingerprint density at radius 3 is 1.80 bits per heavy atom. The standard InChI is InChI=1S/C5H22O5Si5/c1-11-7-13(3)9-15(5)10-14(4)8-12(2)6/h6,12-15H,11H2,1-5H3. The molecule has 0 spiro atoms. The molecule has 15 heavy (non-hydrogen) atoms. The van der Waals surface area contributed by atoms with Crippen molar-refractivity contribution in [2.45, 2.75) is 32.7 Å². The normalized spacial score (nSPS) is 20.4. The molecule has 0 heterocycles. The fourth-order valence-electron chi connectivity index (χ4n) is 1.16. The first-order chi connectivity index (χ1) is 6.95. The molecule has 0 aliphatic heterocycles. The first-order valence-electron chi connectivity index (χ1n) is 5.21. The van der Waals surface area contributed by atoms with Gasteiger partial charge in [-0.2, -0.15) is 0 Å². The zero-order valence-electron chi connectivity index (χ0n) is 10.1. The summed E-state index contributed by atoms with van der Waals surface area (Å²) in [6, 6.07) is 0. The maximum atomic E-state index is 9.14. The maximum absolute atomic E-state index is 9.14. The van der Waals surface area contributed by atoms with Crippen molar-refractivity contribution >= 4 is 46.9 Å². The lowest BCUT2D eigenvalue weighted by atomic mass is 11.9. The zero-order valence-corrected chi connectivity index (χ0v) is 16.1. The Morgan fingerprint density at radius 1 is 0.867 bits per heavy atom. The van der Waals surface area contributed by atoms with Crippen LogP contribution in [0.1, 0.15) is 0 Å². The smallest absolute Gasteiger partial charge is 0.306 e. The van der Waals surface area contributed by atoms with Gasteiger partial charge < -0.3 is 21.3 Å². The minimum atomic E-state index is -1.95. The van der Waals surface area contributed by atoms with Crippen LogP contribution in [0.2, 0.25) is 32.7 Å². The van der Waals surface area contributed by atoms with Gasteiger partial charge in [0.15, 0.2) is 0 Å². The molecule has 0 radical (unpaired) electrons. The van der Waals surface area contributed by atoms with Crippen LogP contribution in [-0.2, 0) is 16.5 Å². The van der Waals surface area contributed by atoms with Crippen LogP contribution in [0.4, 0.5) is 0 Å². The highest BCUT2D eigenvalue weighted by molar-refractivity contribution is 6.67. The Labute approximate surface area is 101 Å². The van der Waals surface area contributed by atoms with E-state index < -0.39 is 37.1 Å². The van der Waals surface area contributed by atoms with Crippen molar-refractivity contribution in [3.8, 4) is 0 Å². The van der Waals surface area contributed by atoms with E-state index in [9.17, 15) is 0 Å². The van der Waals surface area contributed by atoms with Gasteiger partial charge in [0.2, 0.25) is 0 Å². The summed E-state index contributed by atoms with van der Waals surface area (Å²) in [5, 5.41) is 0. The predicted molar refractivity (Wildman–Crippen MR) is 73.0 cm³/mol. The molecule has 1 N–H and O–H groups in total. The van der Waals surface area contributed by atoms with Gasteiger partial charge in [0.05, 0.1) is 0 Å². The zero-order chi connectivity index (χ0) is 11.8. The number of hydrogen-bond acceptors (Lipinski definition) is 5. The van der Waals surface area contributed by atoms with E-state index in [-0.39, 0.29) is 9.76 Å². The highest BCUT2D eigenvalue weighted by Gasteiger charge is 2.18. The topological polar surface area (TPSA) is 57.2 Å². The molecule has 0 bridgehead atoms. The van der Waals surface area contributed by atoms with E-state index in [0.29, 0.717) is 0 Å². The van der Waals surface area contributed by atoms with Crippen LogP contribution in [0.15, 0.2) is 0 Å². The van der Waals surface area contributed by atoms with Gasteiger partial charge in [0.1, 0.15) is 9.76 Å². The lowest BCUT2D eigenvalue weighted by molar-refractivity contribution is 0.335. The molecular weight excluding hydrogens is 280 g/mol. The summed E-state index contributed by atoms with van der Waals surface area (Å²) >= 11 is 0. The van der Waals surface area contributed by atoms with E-state index >= 15 is 0 Å². The molecule has 0 amide bonds. The molecule has 0 fully saturated rings. The Bertz CT molecular complexity index is 161. The second kappa shape index (κ2) is 8.97. The molecule has 0 aromatic carbocycles. The SMILES string of the molecule is C[SiH2]O[SiH](C)O[SiH](C)O[SiH](C)O[SiH](C)O. The number of rotatable bonds is 8. The molecule has 5 nitrogen and oxygen atoms in total. The van der Waals surface area contributed by atoms with Gasteiger partial charge in [-0.1, -0.05) is 6.55 Å². The molecule has 0 saturated heterocycles. The molecule has 4 atom stereocenters. The maximum Gasteiger partial charge on any atom is 0.306 e. The molecule has 4 unspecified atom stereocenters. The second-order valence-corrected chi connectivity index (χ2v) is 12.9. The monoisotopic (exact) mass is 302 g/mol. The largest absolute Gasteiger partial charge is 0.444 e.